The Hall–Kier alpha value is -2.74. The van der Waals surface area contributed by atoms with E-state index in [0.29, 0.717) is 31.7 Å². The highest BCUT2D eigenvalue weighted by Gasteiger charge is 2.39. The van der Waals surface area contributed by atoms with E-state index < -0.39 is 30.1 Å². The lowest BCUT2D eigenvalue weighted by atomic mass is 9.95. The molecule has 14 heteroatoms. The number of benzene rings is 2. The molecule has 1 saturated heterocycles. The predicted molar refractivity (Wildman–Crippen MR) is 126 cm³/mol. The van der Waals surface area contributed by atoms with E-state index in [1.807, 2.05) is 0 Å². The summed E-state index contributed by atoms with van der Waals surface area (Å²) in [4.78, 5) is 5.60. The van der Waals surface area contributed by atoms with E-state index in [2.05, 4.69) is 15.8 Å². The molecule has 2 aromatic rings. The number of alkyl halides is 6. The average Bonchev–Trinajstić information content (AvgIpc) is 3.17. The van der Waals surface area contributed by atoms with Gasteiger partial charge in [-0.1, -0.05) is 23.7 Å². The summed E-state index contributed by atoms with van der Waals surface area (Å²) in [7, 11) is 0. The first-order chi connectivity index (χ1) is 17.2. The number of nitrogens with one attached hydrogen (secondary N) is 2. The van der Waals surface area contributed by atoms with Gasteiger partial charge in [0.1, 0.15) is 11.9 Å². The number of aliphatic imine (C=N–C) groups is 1. The molecule has 37 heavy (non-hydrogen) atoms. The molecule has 2 unspecified atom stereocenters. The van der Waals surface area contributed by atoms with Gasteiger partial charge in [0.2, 0.25) is 11.7 Å². The van der Waals surface area contributed by atoms with Crippen LogP contribution in [-0.4, -0.2) is 42.8 Å². The molecule has 202 valence electrons. The Morgan fingerprint density at radius 2 is 1.84 bits per heavy atom. The lowest BCUT2D eigenvalue weighted by molar-refractivity contribution is -0.139. The molecule has 4 rings (SSSR count). The summed E-state index contributed by atoms with van der Waals surface area (Å²) in [5, 5.41) is -0.196. The zero-order valence-corrected chi connectivity index (χ0v) is 20.1. The Morgan fingerprint density at radius 3 is 2.43 bits per heavy atom. The molecule has 2 aromatic carbocycles. The second-order valence-corrected chi connectivity index (χ2v) is 9.37. The number of nitrogens with zero attached hydrogens (tertiary/aromatic N) is 2. The van der Waals surface area contributed by atoms with Crippen LogP contribution in [0.4, 0.5) is 26.3 Å². The van der Waals surface area contributed by atoms with Crippen LogP contribution < -0.4 is 27.1 Å². The standard InChI is InChI=1S/C23H25ClF6N6O/c24-18-11-14(23(32)33-20(31)34-35-23)10-17(22(28,29)30)19(18)13-3-5-15(6-4-13)37-16-2-1-8-36(12-16)9-7-21(25,26)27/h3-6,10-11,16,35H,1-2,7-9,12,32H2,(H3,31,33,34). The van der Waals surface area contributed by atoms with Crippen molar-refractivity contribution in [2.24, 2.45) is 16.5 Å². The van der Waals surface area contributed by atoms with Crippen molar-refractivity contribution < 1.29 is 31.1 Å². The highest BCUT2D eigenvalue weighted by molar-refractivity contribution is 6.33. The van der Waals surface area contributed by atoms with E-state index in [9.17, 15) is 26.3 Å². The van der Waals surface area contributed by atoms with Crippen molar-refractivity contribution in [1.82, 2.24) is 15.8 Å². The highest BCUT2D eigenvalue weighted by atomic mass is 35.5. The van der Waals surface area contributed by atoms with E-state index in [0.717, 1.165) is 6.07 Å². The molecule has 0 aromatic heterocycles. The van der Waals surface area contributed by atoms with E-state index in [4.69, 9.17) is 27.8 Å². The SMILES string of the molecule is NC1=NC(N)(c2cc(Cl)c(-c3ccc(OC4CCCN(CCC(F)(F)F)C4)cc3)c(C(F)(F)F)c2)NN1. The normalized spacial score (nSPS) is 23.0. The number of nitrogens with two attached hydrogens (primary N) is 2. The number of likely N-dealkylation sites (tertiary alicyclic amines) is 1. The second kappa shape index (κ2) is 10.2. The van der Waals surface area contributed by atoms with Crippen LogP contribution in [0.5, 0.6) is 5.75 Å². The van der Waals surface area contributed by atoms with Gasteiger partial charge in [-0.3, -0.25) is 16.1 Å². The first kappa shape index (κ1) is 27.3. The molecule has 2 aliphatic rings. The average molecular weight is 551 g/mol. The van der Waals surface area contributed by atoms with Gasteiger partial charge in [-0.2, -0.15) is 31.8 Å². The summed E-state index contributed by atoms with van der Waals surface area (Å²) in [5.74, 6) is -1.44. The lowest BCUT2D eigenvalue weighted by Gasteiger charge is -2.33. The summed E-state index contributed by atoms with van der Waals surface area (Å²) < 4.78 is 85.7. The van der Waals surface area contributed by atoms with Gasteiger partial charge in [0, 0.05) is 29.2 Å². The second-order valence-electron chi connectivity index (χ2n) is 8.96. The fraction of sp³-hybridized carbons (Fsp3) is 0.435. The van der Waals surface area contributed by atoms with Crippen LogP contribution in [0, 0.1) is 0 Å². The molecule has 6 N–H and O–H groups in total. The Labute approximate surface area is 213 Å². The lowest BCUT2D eigenvalue weighted by Crippen LogP contribution is -2.50. The van der Waals surface area contributed by atoms with E-state index in [-0.39, 0.29) is 40.3 Å². The quantitative estimate of drug-likeness (QED) is 0.400. The monoisotopic (exact) mass is 550 g/mol. The topological polar surface area (TPSA) is 101 Å². The molecule has 0 bridgehead atoms. The molecule has 2 atom stereocenters. The number of hydrazine groups is 1. The Kier molecular flexibility index (Phi) is 7.52. The third-order valence-corrected chi connectivity index (χ3v) is 6.43. The Balaban J connectivity index is 1.54. The summed E-state index contributed by atoms with van der Waals surface area (Å²) in [6.07, 6.45) is -8.87. The van der Waals surface area contributed by atoms with Crippen LogP contribution in [0.2, 0.25) is 5.02 Å². The van der Waals surface area contributed by atoms with Crippen molar-refractivity contribution in [1.29, 1.82) is 0 Å². The van der Waals surface area contributed by atoms with Gasteiger partial charge in [-0.25, -0.2) is 4.99 Å². The van der Waals surface area contributed by atoms with Gasteiger partial charge in [0.15, 0.2) is 0 Å². The minimum atomic E-state index is -4.76. The third-order valence-electron chi connectivity index (χ3n) is 6.13. The first-order valence-corrected chi connectivity index (χ1v) is 11.8. The van der Waals surface area contributed by atoms with Crippen molar-refractivity contribution in [3.8, 4) is 16.9 Å². The van der Waals surface area contributed by atoms with Crippen LogP contribution in [0.15, 0.2) is 41.4 Å². The summed E-state index contributed by atoms with van der Waals surface area (Å²) in [5.41, 5.74) is 15.5. The third kappa shape index (κ3) is 6.58. The molecule has 2 aliphatic heterocycles. The number of guanidine groups is 1. The zero-order chi connectivity index (χ0) is 27.0. The molecular weight excluding hydrogens is 526 g/mol. The van der Waals surface area contributed by atoms with Crippen LogP contribution >= 0.6 is 11.6 Å². The molecule has 2 heterocycles. The van der Waals surface area contributed by atoms with E-state index >= 15 is 0 Å². The van der Waals surface area contributed by atoms with Crippen molar-refractivity contribution >= 4 is 17.6 Å². The number of rotatable bonds is 6. The Bertz CT molecular complexity index is 1160. The molecule has 7 nitrogen and oxygen atoms in total. The number of hydrogen-bond acceptors (Lipinski definition) is 7. The van der Waals surface area contributed by atoms with Gasteiger partial charge < -0.3 is 10.5 Å². The molecule has 0 radical (unpaired) electrons. The molecule has 0 saturated carbocycles. The number of piperidine rings is 1. The van der Waals surface area contributed by atoms with Crippen LogP contribution in [0.1, 0.15) is 30.4 Å². The van der Waals surface area contributed by atoms with Crippen molar-refractivity contribution in [3.05, 3.63) is 52.5 Å². The maximum Gasteiger partial charge on any atom is 0.417 e. The number of halogens is 7. The highest BCUT2D eigenvalue weighted by Crippen LogP contribution is 2.43. The largest absolute Gasteiger partial charge is 0.489 e. The van der Waals surface area contributed by atoms with E-state index in [1.165, 1.54) is 30.3 Å². The van der Waals surface area contributed by atoms with Gasteiger partial charge in [0.05, 0.1) is 12.0 Å². The maximum atomic E-state index is 14.0. The Morgan fingerprint density at radius 1 is 1.14 bits per heavy atom. The molecule has 1 fully saturated rings. The van der Waals surface area contributed by atoms with Crippen LogP contribution in [0.25, 0.3) is 11.1 Å². The summed E-state index contributed by atoms with van der Waals surface area (Å²) in [6.45, 7) is 0.780. The van der Waals surface area contributed by atoms with Gasteiger partial charge in [-0.15, -0.1) is 0 Å². The van der Waals surface area contributed by atoms with Crippen molar-refractivity contribution in [2.75, 3.05) is 19.6 Å². The molecular formula is C23H25ClF6N6O. The first-order valence-electron chi connectivity index (χ1n) is 11.4. The van der Waals surface area contributed by atoms with Crippen LogP contribution in [-0.2, 0) is 12.0 Å². The fourth-order valence-electron chi connectivity index (χ4n) is 4.38. The molecule has 0 spiro atoms. The number of ether oxygens (including phenoxy) is 1. The smallest absolute Gasteiger partial charge is 0.417 e. The van der Waals surface area contributed by atoms with E-state index in [1.54, 1.807) is 4.90 Å². The van der Waals surface area contributed by atoms with Crippen molar-refractivity contribution in [2.45, 2.75) is 43.5 Å². The van der Waals surface area contributed by atoms with Crippen molar-refractivity contribution in [3.63, 3.8) is 0 Å². The van der Waals surface area contributed by atoms with Gasteiger partial charge in [-0.05, 0) is 49.2 Å². The minimum Gasteiger partial charge on any atom is -0.489 e. The predicted octanol–water partition coefficient (Wildman–Crippen LogP) is 4.31. The number of hydrogen-bond donors (Lipinski definition) is 4. The molecule has 0 amide bonds. The van der Waals surface area contributed by atoms with Gasteiger partial charge in [0.25, 0.3) is 0 Å². The van der Waals surface area contributed by atoms with Gasteiger partial charge >= 0.3 is 12.4 Å². The minimum absolute atomic E-state index is 0.0474. The molecule has 0 aliphatic carbocycles. The maximum absolute atomic E-state index is 14.0. The summed E-state index contributed by atoms with van der Waals surface area (Å²) in [6, 6.07) is 8.04. The summed E-state index contributed by atoms with van der Waals surface area (Å²) >= 11 is 6.32. The van der Waals surface area contributed by atoms with Crippen LogP contribution in [0.3, 0.4) is 0 Å². The fourth-order valence-corrected chi connectivity index (χ4v) is 4.70. The zero-order valence-electron chi connectivity index (χ0n) is 19.4.